The van der Waals surface area contributed by atoms with Gasteiger partial charge in [-0.05, 0) is 19.1 Å². The normalized spacial score (nSPS) is 18.3. The van der Waals surface area contributed by atoms with Gasteiger partial charge in [0, 0.05) is 37.3 Å². The number of halogens is 1. The van der Waals surface area contributed by atoms with Gasteiger partial charge in [-0.3, -0.25) is 4.79 Å². The fourth-order valence-corrected chi connectivity index (χ4v) is 3.43. The molecule has 2 heterocycles. The van der Waals surface area contributed by atoms with Crippen LogP contribution in [0, 0.1) is 12.8 Å². The van der Waals surface area contributed by atoms with Crippen molar-refractivity contribution in [3.63, 3.8) is 0 Å². The lowest BCUT2D eigenvalue weighted by atomic mass is 10.1. The predicted octanol–water partition coefficient (Wildman–Crippen LogP) is 2.58. The van der Waals surface area contributed by atoms with Crippen LogP contribution in [0.25, 0.3) is 16.9 Å². The van der Waals surface area contributed by atoms with Gasteiger partial charge in [0.1, 0.15) is 5.69 Å². The fourth-order valence-electron chi connectivity index (χ4n) is 3.43. The number of nitrogens with one attached hydrogen (secondary N) is 2. The number of aromatic nitrogens is 2. The van der Waals surface area contributed by atoms with E-state index in [1.807, 2.05) is 61.5 Å². The van der Waals surface area contributed by atoms with Crippen LogP contribution in [0.1, 0.15) is 15.9 Å². The number of hydrogen-bond acceptors (Lipinski definition) is 4. The Kier molecular flexibility index (Phi) is 6.69. The molecule has 2 aromatic carbocycles. The molecule has 3 N–H and O–H groups in total. The topological polar surface area (TPSA) is 79.2 Å². The van der Waals surface area contributed by atoms with Crippen molar-refractivity contribution in [1.29, 1.82) is 0 Å². The van der Waals surface area contributed by atoms with Crippen LogP contribution in [-0.4, -0.2) is 46.5 Å². The average Bonchev–Trinajstić information content (AvgIpc) is 3.34. The Bertz CT molecular complexity index is 957. The predicted molar refractivity (Wildman–Crippen MR) is 116 cm³/mol. The van der Waals surface area contributed by atoms with Crippen LogP contribution in [-0.2, 0) is 0 Å². The molecule has 0 saturated carbocycles. The fraction of sp³-hybridized carbons (Fsp3) is 0.273. The zero-order valence-corrected chi connectivity index (χ0v) is 17.0. The first kappa shape index (κ1) is 21.0. The minimum atomic E-state index is -0.427. The molecule has 0 bridgehead atoms. The first-order chi connectivity index (χ1) is 13.6. The summed E-state index contributed by atoms with van der Waals surface area (Å²) in [5.74, 6) is -0.160. The zero-order chi connectivity index (χ0) is 19.5. The summed E-state index contributed by atoms with van der Waals surface area (Å²) in [5.41, 5.74) is 4.12. The van der Waals surface area contributed by atoms with Crippen molar-refractivity contribution in [1.82, 2.24) is 20.4 Å². The molecule has 1 saturated heterocycles. The van der Waals surface area contributed by atoms with Crippen LogP contribution in [0.3, 0.4) is 0 Å². The molecule has 1 aromatic heterocycles. The van der Waals surface area contributed by atoms with Crippen molar-refractivity contribution in [2.24, 2.45) is 5.92 Å². The second-order valence-corrected chi connectivity index (χ2v) is 7.23. The Balaban J connectivity index is 0.00000240. The highest BCUT2D eigenvalue weighted by molar-refractivity contribution is 5.99. The highest BCUT2D eigenvalue weighted by Crippen LogP contribution is 2.24. The van der Waals surface area contributed by atoms with Crippen molar-refractivity contribution in [3.05, 3.63) is 71.9 Å². The Morgan fingerprint density at radius 1 is 1.17 bits per heavy atom. The maximum absolute atomic E-state index is 12.9. The molecule has 152 valence electrons. The SMILES string of the molecule is Cc1ccc(-n2cc(C(=O)NCC3CNCC3O)c(-c3ccccc3)n2)cc1.Cl. The van der Waals surface area contributed by atoms with E-state index in [1.165, 1.54) is 5.56 Å². The summed E-state index contributed by atoms with van der Waals surface area (Å²) >= 11 is 0. The molecule has 29 heavy (non-hydrogen) atoms. The number of benzene rings is 2. The smallest absolute Gasteiger partial charge is 0.255 e. The lowest BCUT2D eigenvalue weighted by Crippen LogP contribution is -2.34. The Morgan fingerprint density at radius 3 is 2.55 bits per heavy atom. The zero-order valence-electron chi connectivity index (χ0n) is 16.2. The first-order valence-corrected chi connectivity index (χ1v) is 9.51. The number of amides is 1. The number of aryl methyl sites for hydroxylation is 1. The van der Waals surface area contributed by atoms with Crippen LogP contribution in [0.15, 0.2) is 60.8 Å². The maximum atomic E-state index is 12.9. The Hall–Kier alpha value is -2.67. The molecular weight excluding hydrogens is 388 g/mol. The van der Waals surface area contributed by atoms with Gasteiger partial charge in [-0.2, -0.15) is 5.10 Å². The molecule has 1 fully saturated rings. The lowest BCUT2D eigenvalue weighted by molar-refractivity contribution is 0.0927. The standard InChI is InChI=1S/C22H24N4O2.ClH/c1-15-7-9-18(10-8-15)26-14-19(21(25-26)16-5-3-2-4-6-16)22(28)24-12-17-11-23-13-20(17)27;/h2-10,14,17,20,23,27H,11-13H2,1H3,(H,24,28);1H. The summed E-state index contributed by atoms with van der Waals surface area (Å²) in [6.07, 6.45) is 1.34. The summed E-state index contributed by atoms with van der Waals surface area (Å²) in [4.78, 5) is 12.9. The molecule has 0 spiro atoms. The van der Waals surface area contributed by atoms with E-state index in [-0.39, 0.29) is 24.2 Å². The van der Waals surface area contributed by atoms with Crippen molar-refractivity contribution in [2.45, 2.75) is 13.0 Å². The number of nitrogens with zero attached hydrogens (tertiary/aromatic N) is 2. The summed E-state index contributed by atoms with van der Waals surface area (Å²) < 4.78 is 1.74. The third-order valence-electron chi connectivity index (χ3n) is 5.13. The second-order valence-electron chi connectivity index (χ2n) is 7.23. The van der Waals surface area contributed by atoms with Gasteiger partial charge < -0.3 is 15.7 Å². The van der Waals surface area contributed by atoms with Gasteiger partial charge in [0.25, 0.3) is 5.91 Å². The van der Waals surface area contributed by atoms with E-state index in [0.29, 0.717) is 30.9 Å². The van der Waals surface area contributed by atoms with Crippen LogP contribution in [0.2, 0.25) is 0 Å². The van der Waals surface area contributed by atoms with Crippen LogP contribution in [0.5, 0.6) is 0 Å². The average molecular weight is 413 g/mol. The molecule has 0 aliphatic carbocycles. The molecule has 2 atom stereocenters. The van der Waals surface area contributed by atoms with Crippen molar-refractivity contribution < 1.29 is 9.90 Å². The molecular formula is C22H25ClN4O2. The van der Waals surface area contributed by atoms with E-state index < -0.39 is 6.10 Å². The number of carbonyl (C=O) groups is 1. The number of rotatable bonds is 5. The Labute approximate surface area is 176 Å². The molecule has 0 radical (unpaired) electrons. The second kappa shape index (κ2) is 9.22. The molecule has 1 aliphatic rings. The monoisotopic (exact) mass is 412 g/mol. The van der Waals surface area contributed by atoms with Crippen LogP contribution in [0.4, 0.5) is 0 Å². The molecule has 6 nitrogen and oxygen atoms in total. The number of β-amino-alcohol motifs (C(OH)–C–C–N with tert-alkyl or cyclic N) is 1. The highest BCUT2D eigenvalue weighted by atomic mass is 35.5. The van der Waals surface area contributed by atoms with E-state index in [2.05, 4.69) is 10.6 Å². The molecule has 1 aliphatic heterocycles. The van der Waals surface area contributed by atoms with Crippen molar-refractivity contribution in [3.8, 4) is 16.9 Å². The van der Waals surface area contributed by atoms with E-state index in [4.69, 9.17) is 5.10 Å². The van der Waals surface area contributed by atoms with Crippen LogP contribution >= 0.6 is 12.4 Å². The van der Waals surface area contributed by atoms with Crippen molar-refractivity contribution in [2.75, 3.05) is 19.6 Å². The molecule has 3 aromatic rings. The van der Waals surface area contributed by atoms with Gasteiger partial charge in [0.15, 0.2) is 0 Å². The number of carbonyl (C=O) groups excluding carboxylic acids is 1. The minimum absolute atomic E-state index is 0. The van der Waals surface area contributed by atoms with Gasteiger partial charge in [-0.15, -0.1) is 12.4 Å². The number of aliphatic hydroxyl groups is 1. The summed E-state index contributed by atoms with van der Waals surface area (Å²) in [5, 5.41) is 20.7. The molecule has 2 unspecified atom stereocenters. The summed E-state index contributed by atoms with van der Waals surface area (Å²) in [6, 6.07) is 17.7. The molecule has 1 amide bonds. The Morgan fingerprint density at radius 2 is 1.90 bits per heavy atom. The van der Waals surface area contributed by atoms with Crippen LogP contribution < -0.4 is 10.6 Å². The first-order valence-electron chi connectivity index (χ1n) is 9.51. The van der Waals surface area contributed by atoms with Gasteiger partial charge >= 0.3 is 0 Å². The maximum Gasteiger partial charge on any atom is 0.255 e. The van der Waals surface area contributed by atoms with Gasteiger partial charge in [0.2, 0.25) is 0 Å². The minimum Gasteiger partial charge on any atom is -0.391 e. The summed E-state index contributed by atoms with van der Waals surface area (Å²) in [6.45, 7) is 3.74. The largest absolute Gasteiger partial charge is 0.391 e. The molecule has 4 rings (SSSR count). The van der Waals surface area contributed by atoms with Gasteiger partial charge in [-0.25, -0.2) is 4.68 Å². The van der Waals surface area contributed by atoms with Crippen molar-refractivity contribution >= 4 is 18.3 Å². The van der Waals surface area contributed by atoms with Gasteiger partial charge in [0.05, 0.1) is 17.4 Å². The quantitative estimate of drug-likeness (QED) is 0.601. The number of aliphatic hydroxyl groups excluding tert-OH is 1. The third kappa shape index (κ3) is 4.67. The van der Waals surface area contributed by atoms with E-state index in [1.54, 1.807) is 10.9 Å². The van der Waals surface area contributed by atoms with Gasteiger partial charge in [-0.1, -0.05) is 48.0 Å². The highest BCUT2D eigenvalue weighted by Gasteiger charge is 2.26. The summed E-state index contributed by atoms with van der Waals surface area (Å²) in [7, 11) is 0. The van der Waals surface area contributed by atoms with E-state index >= 15 is 0 Å². The van der Waals surface area contributed by atoms with E-state index in [9.17, 15) is 9.90 Å². The van der Waals surface area contributed by atoms with E-state index in [0.717, 1.165) is 11.3 Å². The third-order valence-corrected chi connectivity index (χ3v) is 5.13. The lowest BCUT2D eigenvalue weighted by Gasteiger charge is -2.14. The number of hydrogen-bond donors (Lipinski definition) is 3. The molecule has 7 heteroatoms.